The summed E-state index contributed by atoms with van der Waals surface area (Å²) in [6, 6.07) is 17.4. The van der Waals surface area contributed by atoms with Crippen LogP contribution in [0.25, 0.3) is 6.08 Å². The molecule has 0 N–H and O–H groups in total. The molecular weight excluding hydrogens is 344 g/mol. The van der Waals surface area contributed by atoms with E-state index in [1.807, 2.05) is 60.7 Å². The minimum absolute atomic E-state index is 0.00992. The van der Waals surface area contributed by atoms with Gasteiger partial charge in [-0.15, -0.1) is 0 Å². The fraction of sp³-hybridized carbons (Fsp3) is 0.238. The molecule has 0 atom stereocenters. The lowest BCUT2D eigenvalue weighted by atomic mass is 10.1. The molecule has 26 heavy (non-hydrogen) atoms. The zero-order valence-electron chi connectivity index (χ0n) is 15.2. The van der Waals surface area contributed by atoms with Gasteiger partial charge in [-0.2, -0.15) is 0 Å². The van der Waals surface area contributed by atoms with Crippen LogP contribution in [0.1, 0.15) is 19.4 Å². The Morgan fingerprint density at radius 2 is 1.81 bits per heavy atom. The highest BCUT2D eigenvalue weighted by atomic mass is 32.2. The Labute approximate surface area is 158 Å². The number of hydrogen-bond acceptors (Lipinski definition) is 4. The van der Waals surface area contributed by atoms with Gasteiger partial charge in [-0.05, 0) is 42.0 Å². The first kappa shape index (κ1) is 18.3. The molecule has 0 bridgehead atoms. The van der Waals surface area contributed by atoms with Gasteiger partial charge in [0.1, 0.15) is 5.75 Å². The highest BCUT2D eigenvalue weighted by molar-refractivity contribution is 8.18. The second-order valence-corrected chi connectivity index (χ2v) is 7.40. The number of carbonyl (C=O) groups excluding carboxylic acids is 1. The summed E-state index contributed by atoms with van der Waals surface area (Å²) in [5.74, 6) is 1.09. The van der Waals surface area contributed by atoms with Crippen LogP contribution in [0.2, 0.25) is 0 Å². The molecule has 3 rings (SSSR count). The van der Waals surface area contributed by atoms with Crippen molar-refractivity contribution in [3.63, 3.8) is 0 Å². The first-order valence-corrected chi connectivity index (χ1v) is 9.38. The fourth-order valence-electron chi connectivity index (χ4n) is 2.66. The fourth-order valence-corrected chi connectivity index (χ4v) is 3.66. The second kappa shape index (κ2) is 8.23. The SMILES string of the molecule is COc1ccccc1/C=C1/SC(=Nc2ccccc2)N(CC(C)C)C1=O. The first-order chi connectivity index (χ1) is 12.6. The Bertz CT molecular complexity index is 844. The third-order valence-corrected chi connectivity index (χ3v) is 4.85. The predicted octanol–water partition coefficient (Wildman–Crippen LogP) is 4.96. The average molecular weight is 366 g/mol. The van der Waals surface area contributed by atoms with E-state index < -0.39 is 0 Å². The summed E-state index contributed by atoms with van der Waals surface area (Å²) in [5, 5.41) is 0.719. The molecule has 1 heterocycles. The average Bonchev–Trinajstić information content (AvgIpc) is 2.91. The smallest absolute Gasteiger partial charge is 0.266 e. The Morgan fingerprint density at radius 1 is 1.12 bits per heavy atom. The maximum Gasteiger partial charge on any atom is 0.266 e. The van der Waals surface area contributed by atoms with Crippen molar-refractivity contribution < 1.29 is 9.53 Å². The van der Waals surface area contributed by atoms with Crippen molar-refractivity contribution in [1.82, 2.24) is 4.90 Å². The largest absolute Gasteiger partial charge is 0.496 e. The van der Waals surface area contributed by atoms with Crippen LogP contribution < -0.4 is 4.74 Å². The Morgan fingerprint density at radius 3 is 2.50 bits per heavy atom. The summed E-state index contributed by atoms with van der Waals surface area (Å²) < 4.78 is 5.40. The quantitative estimate of drug-likeness (QED) is 0.703. The number of hydrogen-bond donors (Lipinski definition) is 0. The molecule has 134 valence electrons. The van der Waals surface area contributed by atoms with Crippen LogP contribution in [-0.2, 0) is 4.79 Å². The molecule has 0 unspecified atom stereocenters. The summed E-state index contributed by atoms with van der Waals surface area (Å²) in [5.41, 5.74) is 1.73. The Balaban J connectivity index is 1.97. The van der Waals surface area contributed by atoms with Crippen molar-refractivity contribution in [2.75, 3.05) is 13.7 Å². The van der Waals surface area contributed by atoms with Gasteiger partial charge in [0.25, 0.3) is 5.91 Å². The Kier molecular flexibility index (Phi) is 5.78. The number of aliphatic imine (C=N–C) groups is 1. The van der Waals surface area contributed by atoms with E-state index in [2.05, 4.69) is 13.8 Å². The van der Waals surface area contributed by atoms with Gasteiger partial charge >= 0.3 is 0 Å². The molecule has 1 aliphatic rings. The number of benzene rings is 2. The maximum absolute atomic E-state index is 13.0. The van der Waals surface area contributed by atoms with Crippen LogP contribution in [0.5, 0.6) is 5.75 Å². The molecule has 1 amide bonds. The molecule has 2 aromatic carbocycles. The minimum atomic E-state index is -0.00992. The number of carbonyl (C=O) groups is 1. The molecule has 1 fully saturated rings. The van der Waals surface area contributed by atoms with Crippen LogP contribution in [0, 0.1) is 5.92 Å². The zero-order chi connectivity index (χ0) is 18.5. The van der Waals surface area contributed by atoms with E-state index >= 15 is 0 Å². The van der Waals surface area contributed by atoms with E-state index in [4.69, 9.17) is 9.73 Å². The molecule has 0 aliphatic carbocycles. The van der Waals surface area contributed by atoms with Gasteiger partial charge in [0.15, 0.2) is 5.17 Å². The standard InChI is InChI=1S/C21H22N2O2S/c1-15(2)14-23-20(24)19(13-16-9-7-8-12-18(16)25-3)26-21(23)22-17-10-5-4-6-11-17/h4-13,15H,14H2,1-3H3/b19-13+,22-21?. The topological polar surface area (TPSA) is 41.9 Å². The molecule has 0 saturated carbocycles. The minimum Gasteiger partial charge on any atom is -0.496 e. The van der Waals surface area contributed by atoms with Crippen molar-refractivity contribution in [3.8, 4) is 5.75 Å². The predicted molar refractivity (Wildman–Crippen MR) is 109 cm³/mol. The molecule has 0 aromatic heterocycles. The lowest BCUT2D eigenvalue weighted by Gasteiger charge is -2.17. The summed E-state index contributed by atoms with van der Waals surface area (Å²) >= 11 is 1.41. The molecule has 2 aromatic rings. The van der Waals surface area contributed by atoms with Gasteiger partial charge in [-0.1, -0.05) is 50.2 Å². The van der Waals surface area contributed by atoms with Crippen molar-refractivity contribution in [1.29, 1.82) is 0 Å². The summed E-state index contributed by atoms with van der Waals surface area (Å²) in [6.07, 6.45) is 1.88. The molecule has 0 spiro atoms. The number of amidine groups is 1. The molecular formula is C21H22N2O2S. The van der Waals surface area contributed by atoms with Crippen molar-refractivity contribution >= 4 is 34.6 Å². The number of methoxy groups -OCH3 is 1. The van der Waals surface area contributed by atoms with Crippen molar-refractivity contribution in [2.45, 2.75) is 13.8 Å². The number of nitrogens with zero attached hydrogens (tertiary/aromatic N) is 2. The number of para-hydroxylation sites is 2. The first-order valence-electron chi connectivity index (χ1n) is 8.56. The number of rotatable bonds is 5. The van der Waals surface area contributed by atoms with E-state index in [1.54, 1.807) is 12.0 Å². The molecule has 5 heteroatoms. The lowest BCUT2D eigenvalue weighted by molar-refractivity contribution is -0.122. The van der Waals surface area contributed by atoms with Gasteiger partial charge in [0.2, 0.25) is 0 Å². The third-order valence-electron chi connectivity index (χ3n) is 3.84. The second-order valence-electron chi connectivity index (χ2n) is 6.39. The maximum atomic E-state index is 13.0. The van der Waals surface area contributed by atoms with Crippen LogP contribution in [0.4, 0.5) is 5.69 Å². The van der Waals surface area contributed by atoms with Gasteiger partial charge in [0.05, 0.1) is 17.7 Å². The van der Waals surface area contributed by atoms with Crippen molar-refractivity contribution in [3.05, 3.63) is 65.1 Å². The molecule has 1 aliphatic heterocycles. The lowest BCUT2D eigenvalue weighted by Crippen LogP contribution is -2.32. The van der Waals surface area contributed by atoms with Gasteiger partial charge in [0, 0.05) is 12.1 Å². The Hall–Kier alpha value is -2.53. The monoisotopic (exact) mass is 366 g/mol. The van der Waals surface area contributed by atoms with E-state index in [0.29, 0.717) is 17.4 Å². The molecule has 0 radical (unpaired) electrons. The van der Waals surface area contributed by atoms with E-state index in [-0.39, 0.29) is 5.91 Å². The third kappa shape index (κ3) is 4.17. The van der Waals surface area contributed by atoms with Crippen LogP contribution in [0.3, 0.4) is 0 Å². The van der Waals surface area contributed by atoms with Gasteiger partial charge in [-0.25, -0.2) is 4.99 Å². The summed E-state index contributed by atoms with van der Waals surface area (Å²) in [7, 11) is 1.63. The highest BCUT2D eigenvalue weighted by Gasteiger charge is 2.33. The highest BCUT2D eigenvalue weighted by Crippen LogP contribution is 2.35. The van der Waals surface area contributed by atoms with Crippen molar-refractivity contribution in [2.24, 2.45) is 10.9 Å². The van der Waals surface area contributed by atoms with E-state index in [0.717, 1.165) is 22.2 Å². The number of amides is 1. The number of ether oxygens (including phenoxy) is 1. The molecule has 4 nitrogen and oxygen atoms in total. The van der Waals surface area contributed by atoms with Crippen LogP contribution in [0.15, 0.2) is 64.5 Å². The van der Waals surface area contributed by atoms with Crippen LogP contribution in [-0.4, -0.2) is 29.6 Å². The summed E-state index contributed by atoms with van der Waals surface area (Å²) in [6.45, 7) is 4.83. The summed E-state index contributed by atoms with van der Waals surface area (Å²) in [4.78, 5) is 20.1. The van der Waals surface area contributed by atoms with Gasteiger partial charge in [-0.3, -0.25) is 9.69 Å². The zero-order valence-corrected chi connectivity index (χ0v) is 16.0. The number of thioether (sulfide) groups is 1. The van der Waals surface area contributed by atoms with Gasteiger partial charge < -0.3 is 4.74 Å². The van der Waals surface area contributed by atoms with E-state index in [9.17, 15) is 4.79 Å². The normalized spacial score (nSPS) is 17.5. The van der Waals surface area contributed by atoms with Crippen LogP contribution >= 0.6 is 11.8 Å². The van der Waals surface area contributed by atoms with E-state index in [1.165, 1.54) is 11.8 Å². The molecule has 1 saturated heterocycles.